The number of fused-ring (bicyclic) bond motifs is 1. The fourth-order valence-corrected chi connectivity index (χ4v) is 3.36. The Morgan fingerprint density at radius 1 is 1.30 bits per heavy atom. The number of hydrogen-bond acceptors (Lipinski definition) is 5. The zero-order valence-corrected chi connectivity index (χ0v) is 16.2. The molecule has 0 aliphatic rings. The molecule has 10 heteroatoms. The molecule has 0 spiro atoms. The molecule has 27 heavy (non-hydrogen) atoms. The number of H-pyrrole nitrogens is 1. The van der Waals surface area contributed by atoms with Gasteiger partial charge in [0.15, 0.2) is 5.16 Å². The molecule has 0 saturated carbocycles. The number of imidazole rings is 1. The van der Waals surface area contributed by atoms with Crippen molar-refractivity contribution in [1.82, 2.24) is 9.97 Å². The van der Waals surface area contributed by atoms with Crippen LogP contribution in [0.15, 0.2) is 41.6 Å². The number of hydrogen-bond donors (Lipinski definition) is 4. The number of rotatable bonds is 7. The zero-order valence-electron chi connectivity index (χ0n) is 13.9. The number of amides is 2. The summed E-state index contributed by atoms with van der Waals surface area (Å²) in [5, 5.41) is 14.1. The zero-order chi connectivity index (χ0) is 19.4. The molecule has 5 N–H and O–H groups in total. The van der Waals surface area contributed by atoms with Crippen molar-refractivity contribution in [3.05, 3.63) is 46.4 Å². The standard InChI is InChI=1S/C17H16Cl2N4O3S/c18-12-5-14-15(6-13(12)19)23-17(22-14)27-8-10(24)7-26-11-3-1-9(2-4-11)21-16(20)25/h1-6,10,24H,7-8H2,(H,22,23)(H3,20,21,25)/t10-/m1/s1. The first-order valence-corrected chi connectivity index (χ1v) is 9.60. The molecule has 0 aliphatic carbocycles. The molecule has 0 saturated heterocycles. The highest BCUT2D eigenvalue weighted by Crippen LogP contribution is 2.28. The summed E-state index contributed by atoms with van der Waals surface area (Å²) in [7, 11) is 0. The number of aliphatic hydroxyl groups is 1. The minimum Gasteiger partial charge on any atom is -0.491 e. The molecule has 0 unspecified atom stereocenters. The van der Waals surface area contributed by atoms with Crippen LogP contribution in [0, 0.1) is 0 Å². The lowest BCUT2D eigenvalue weighted by Crippen LogP contribution is -2.20. The lowest BCUT2D eigenvalue weighted by atomic mass is 10.3. The van der Waals surface area contributed by atoms with Gasteiger partial charge in [0.1, 0.15) is 12.4 Å². The summed E-state index contributed by atoms with van der Waals surface area (Å²) in [6, 6.07) is 9.45. The predicted molar refractivity (Wildman–Crippen MR) is 108 cm³/mol. The summed E-state index contributed by atoms with van der Waals surface area (Å²) in [5.74, 6) is 0.963. The van der Waals surface area contributed by atoms with E-state index in [0.717, 1.165) is 5.52 Å². The second kappa shape index (κ2) is 8.71. The smallest absolute Gasteiger partial charge is 0.316 e. The van der Waals surface area contributed by atoms with Gasteiger partial charge in [0.2, 0.25) is 0 Å². The van der Waals surface area contributed by atoms with Crippen molar-refractivity contribution in [3.8, 4) is 5.75 Å². The molecule has 1 aromatic heterocycles. The summed E-state index contributed by atoms with van der Waals surface area (Å²) in [6.45, 7) is 0.119. The van der Waals surface area contributed by atoms with Crippen LogP contribution >= 0.6 is 35.0 Å². The Labute approximate surface area is 169 Å². The average molecular weight is 427 g/mol. The Bertz CT molecular complexity index is 910. The van der Waals surface area contributed by atoms with Crippen LogP contribution in [-0.4, -0.2) is 39.6 Å². The Hall–Kier alpha value is -2.13. The second-order valence-electron chi connectivity index (χ2n) is 5.61. The third kappa shape index (κ3) is 5.43. The van der Waals surface area contributed by atoms with Crippen molar-refractivity contribution >= 4 is 57.7 Å². The maximum Gasteiger partial charge on any atom is 0.316 e. The van der Waals surface area contributed by atoms with Crippen molar-refractivity contribution in [1.29, 1.82) is 0 Å². The van der Waals surface area contributed by atoms with E-state index in [1.165, 1.54) is 11.8 Å². The van der Waals surface area contributed by atoms with Crippen LogP contribution in [0.3, 0.4) is 0 Å². The molecule has 3 aromatic rings. The topological polar surface area (TPSA) is 113 Å². The van der Waals surface area contributed by atoms with Gasteiger partial charge in [0.25, 0.3) is 0 Å². The van der Waals surface area contributed by atoms with Crippen LogP contribution in [0.25, 0.3) is 11.0 Å². The van der Waals surface area contributed by atoms with E-state index in [1.54, 1.807) is 36.4 Å². The number of anilines is 1. The normalized spacial score (nSPS) is 12.1. The number of aromatic amines is 1. The Morgan fingerprint density at radius 3 is 2.70 bits per heavy atom. The Balaban J connectivity index is 1.49. The number of halogens is 2. The summed E-state index contributed by atoms with van der Waals surface area (Å²) in [4.78, 5) is 18.3. The molecule has 142 valence electrons. The number of benzene rings is 2. The highest BCUT2D eigenvalue weighted by atomic mass is 35.5. The number of thioether (sulfide) groups is 1. The minimum atomic E-state index is -0.696. The first-order chi connectivity index (χ1) is 12.9. The van der Waals surface area contributed by atoms with Crippen LogP contribution in [0.5, 0.6) is 5.75 Å². The highest BCUT2D eigenvalue weighted by Gasteiger charge is 2.11. The summed E-state index contributed by atoms with van der Waals surface area (Å²) in [6.07, 6.45) is -0.696. The highest BCUT2D eigenvalue weighted by molar-refractivity contribution is 7.99. The lowest BCUT2D eigenvalue weighted by molar-refractivity contribution is 0.126. The van der Waals surface area contributed by atoms with E-state index in [1.807, 2.05) is 0 Å². The number of aliphatic hydroxyl groups excluding tert-OH is 1. The lowest BCUT2D eigenvalue weighted by Gasteiger charge is -2.12. The van der Waals surface area contributed by atoms with Crippen LogP contribution in [0.2, 0.25) is 10.0 Å². The van der Waals surface area contributed by atoms with Gasteiger partial charge >= 0.3 is 6.03 Å². The Kier molecular flexibility index (Phi) is 6.33. The number of aromatic nitrogens is 2. The van der Waals surface area contributed by atoms with Gasteiger partial charge in [-0.2, -0.15) is 0 Å². The molecule has 1 atom stereocenters. The van der Waals surface area contributed by atoms with Gasteiger partial charge in [0, 0.05) is 11.4 Å². The summed E-state index contributed by atoms with van der Waals surface area (Å²) >= 11 is 13.3. The molecular weight excluding hydrogens is 411 g/mol. The fourth-order valence-electron chi connectivity index (χ4n) is 2.24. The van der Waals surface area contributed by atoms with Crippen LogP contribution in [0.1, 0.15) is 0 Å². The third-order valence-corrected chi connectivity index (χ3v) is 5.22. The average Bonchev–Trinajstić information content (AvgIpc) is 3.01. The minimum absolute atomic E-state index is 0.119. The van der Waals surface area contributed by atoms with Gasteiger partial charge in [0.05, 0.1) is 27.2 Å². The van der Waals surface area contributed by atoms with Crippen LogP contribution in [-0.2, 0) is 0 Å². The van der Waals surface area contributed by atoms with E-state index in [4.69, 9.17) is 33.7 Å². The molecule has 0 aliphatic heterocycles. The van der Waals surface area contributed by atoms with Gasteiger partial charge in [-0.3, -0.25) is 0 Å². The molecule has 3 rings (SSSR count). The number of nitrogens with zero attached hydrogens (tertiary/aromatic N) is 1. The first-order valence-electron chi connectivity index (χ1n) is 7.85. The monoisotopic (exact) mass is 426 g/mol. The number of nitrogens with two attached hydrogens (primary N) is 1. The molecule has 0 radical (unpaired) electrons. The maximum atomic E-state index is 10.8. The maximum absolute atomic E-state index is 10.8. The molecule has 1 heterocycles. The quantitative estimate of drug-likeness (QED) is 0.428. The van der Waals surface area contributed by atoms with Gasteiger partial charge in [-0.1, -0.05) is 35.0 Å². The summed E-state index contributed by atoms with van der Waals surface area (Å²) in [5.41, 5.74) is 7.10. The van der Waals surface area contributed by atoms with Crippen molar-refractivity contribution in [2.45, 2.75) is 11.3 Å². The Morgan fingerprint density at radius 2 is 2.00 bits per heavy atom. The van der Waals surface area contributed by atoms with E-state index >= 15 is 0 Å². The largest absolute Gasteiger partial charge is 0.491 e. The number of primary amides is 1. The molecule has 0 bridgehead atoms. The van der Waals surface area contributed by atoms with Crippen molar-refractivity contribution in [2.75, 3.05) is 17.7 Å². The van der Waals surface area contributed by atoms with Gasteiger partial charge in [-0.05, 0) is 36.4 Å². The van der Waals surface area contributed by atoms with E-state index in [9.17, 15) is 9.90 Å². The number of urea groups is 1. The first kappa shape index (κ1) is 19.6. The van der Waals surface area contributed by atoms with Gasteiger partial charge in [-0.25, -0.2) is 9.78 Å². The van der Waals surface area contributed by atoms with Gasteiger partial charge < -0.3 is 25.9 Å². The molecule has 7 nitrogen and oxygen atoms in total. The molecule has 2 aromatic carbocycles. The van der Waals surface area contributed by atoms with E-state index in [-0.39, 0.29) is 6.61 Å². The van der Waals surface area contributed by atoms with Crippen molar-refractivity contribution in [3.63, 3.8) is 0 Å². The number of carbonyl (C=O) groups is 1. The molecule has 2 amide bonds. The van der Waals surface area contributed by atoms with Crippen molar-refractivity contribution < 1.29 is 14.6 Å². The summed E-state index contributed by atoms with van der Waals surface area (Å²) < 4.78 is 5.53. The molecular formula is C17H16Cl2N4O3S. The fraction of sp³-hybridized carbons (Fsp3) is 0.176. The van der Waals surface area contributed by atoms with Crippen LogP contribution in [0.4, 0.5) is 10.5 Å². The SMILES string of the molecule is NC(=O)Nc1ccc(OC[C@@H](O)CSc2nc3cc(Cl)c(Cl)cc3[nH]2)cc1. The van der Waals surface area contributed by atoms with Crippen molar-refractivity contribution in [2.24, 2.45) is 5.73 Å². The number of carbonyl (C=O) groups excluding carboxylic acids is 1. The predicted octanol–water partition coefficient (Wildman–Crippen LogP) is 3.89. The number of ether oxygens (including phenoxy) is 1. The van der Waals surface area contributed by atoms with E-state index < -0.39 is 12.1 Å². The van der Waals surface area contributed by atoms with Gasteiger partial charge in [-0.15, -0.1) is 0 Å². The van der Waals surface area contributed by atoms with E-state index in [2.05, 4.69) is 15.3 Å². The third-order valence-electron chi connectivity index (χ3n) is 3.48. The van der Waals surface area contributed by atoms with E-state index in [0.29, 0.717) is 37.9 Å². The van der Waals surface area contributed by atoms with Crippen LogP contribution < -0.4 is 15.8 Å². The molecule has 0 fully saturated rings. The second-order valence-corrected chi connectivity index (χ2v) is 7.44. The number of nitrogens with one attached hydrogen (secondary N) is 2.